The number of rotatable bonds is 6. The molecule has 1 amide bonds. The van der Waals surface area contributed by atoms with Gasteiger partial charge in [0.05, 0.1) is 12.7 Å². The van der Waals surface area contributed by atoms with Crippen molar-refractivity contribution in [2.45, 2.75) is 6.18 Å². The lowest BCUT2D eigenvalue weighted by Crippen LogP contribution is -2.20. The second kappa shape index (κ2) is 7.69. The van der Waals surface area contributed by atoms with Gasteiger partial charge in [0.2, 0.25) is 0 Å². The molecule has 0 fully saturated rings. The van der Waals surface area contributed by atoms with Crippen molar-refractivity contribution in [2.75, 3.05) is 19.0 Å². The molecule has 2 rings (SSSR count). The average Bonchev–Trinajstić information content (AvgIpc) is 2.59. The molecule has 8 heteroatoms. The summed E-state index contributed by atoms with van der Waals surface area (Å²) in [4.78, 5) is 22.6. The van der Waals surface area contributed by atoms with E-state index in [-0.39, 0.29) is 17.2 Å². The number of hydrogen-bond acceptors (Lipinski definition) is 4. The lowest BCUT2D eigenvalue weighted by molar-refractivity contribution is -0.137. The Bertz CT molecular complexity index is 775. The van der Waals surface area contributed by atoms with E-state index in [0.29, 0.717) is 11.8 Å². The molecule has 132 valence electrons. The number of carbonyl (C=O) groups excluding carboxylic acids is 2. The molecule has 0 saturated heterocycles. The molecule has 0 atom stereocenters. The summed E-state index contributed by atoms with van der Waals surface area (Å²) < 4.78 is 48.3. The molecule has 0 bridgehead atoms. The van der Waals surface area contributed by atoms with Gasteiger partial charge in [0.25, 0.3) is 5.91 Å². The van der Waals surface area contributed by atoms with Gasteiger partial charge in [-0.05, 0) is 36.4 Å². The fraction of sp³-hybridized carbons (Fsp3) is 0.176. The fourth-order valence-electron chi connectivity index (χ4n) is 1.99. The number of ether oxygens (including phenoxy) is 2. The van der Waals surface area contributed by atoms with Crippen LogP contribution < -0.4 is 14.8 Å². The molecule has 0 heterocycles. The minimum atomic E-state index is -4.50. The molecule has 0 aliphatic heterocycles. The normalized spacial score (nSPS) is 10.9. The number of methoxy groups -OCH3 is 1. The Hall–Kier alpha value is -3.03. The monoisotopic (exact) mass is 353 g/mol. The Labute approximate surface area is 141 Å². The zero-order valence-electron chi connectivity index (χ0n) is 13.1. The van der Waals surface area contributed by atoms with E-state index in [1.165, 1.54) is 37.4 Å². The molecule has 0 saturated carbocycles. The first-order valence-corrected chi connectivity index (χ1v) is 7.06. The van der Waals surface area contributed by atoms with Crippen molar-refractivity contribution >= 4 is 17.9 Å². The van der Waals surface area contributed by atoms with Gasteiger partial charge >= 0.3 is 6.18 Å². The van der Waals surface area contributed by atoms with Crippen LogP contribution in [-0.4, -0.2) is 25.9 Å². The molecule has 25 heavy (non-hydrogen) atoms. The third-order valence-electron chi connectivity index (χ3n) is 3.16. The third kappa shape index (κ3) is 4.97. The number of hydrogen-bond donors (Lipinski definition) is 1. The number of aldehydes is 1. The quantitative estimate of drug-likeness (QED) is 0.807. The van der Waals surface area contributed by atoms with Gasteiger partial charge in [-0.25, -0.2) is 0 Å². The van der Waals surface area contributed by atoms with Crippen molar-refractivity contribution in [2.24, 2.45) is 0 Å². The molecular weight excluding hydrogens is 339 g/mol. The van der Waals surface area contributed by atoms with Crippen LogP contribution in [0.2, 0.25) is 0 Å². The van der Waals surface area contributed by atoms with E-state index in [2.05, 4.69) is 5.32 Å². The summed E-state index contributed by atoms with van der Waals surface area (Å²) in [5.41, 5.74) is -0.485. The lowest BCUT2D eigenvalue weighted by atomic mass is 10.2. The van der Waals surface area contributed by atoms with Gasteiger partial charge in [0, 0.05) is 11.3 Å². The molecule has 0 radical (unpaired) electrons. The van der Waals surface area contributed by atoms with Gasteiger partial charge < -0.3 is 14.8 Å². The highest BCUT2D eigenvalue weighted by Gasteiger charge is 2.30. The van der Waals surface area contributed by atoms with Crippen molar-refractivity contribution in [1.29, 1.82) is 0 Å². The molecule has 2 aromatic carbocycles. The Kier molecular flexibility index (Phi) is 5.63. The number of halogens is 3. The second-order valence-electron chi connectivity index (χ2n) is 4.94. The van der Waals surface area contributed by atoms with Gasteiger partial charge in [-0.2, -0.15) is 13.2 Å². The van der Waals surface area contributed by atoms with Crippen LogP contribution in [-0.2, 0) is 11.0 Å². The molecule has 0 unspecified atom stereocenters. The highest BCUT2D eigenvalue weighted by Crippen LogP contribution is 2.31. The van der Waals surface area contributed by atoms with Crippen molar-refractivity contribution < 1.29 is 32.2 Å². The van der Waals surface area contributed by atoms with Crippen LogP contribution in [0.1, 0.15) is 15.9 Å². The fourth-order valence-corrected chi connectivity index (χ4v) is 1.99. The van der Waals surface area contributed by atoms with Crippen LogP contribution >= 0.6 is 0 Å². The predicted octanol–water partition coefficient (Wildman–Crippen LogP) is 3.54. The molecule has 0 spiro atoms. The largest absolute Gasteiger partial charge is 0.493 e. The first-order valence-electron chi connectivity index (χ1n) is 7.06. The Balaban J connectivity index is 2.01. The van der Waals surface area contributed by atoms with Gasteiger partial charge in [0.15, 0.2) is 18.1 Å². The van der Waals surface area contributed by atoms with Crippen molar-refractivity contribution in [3.8, 4) is 11.5 Å². The maximum atomic E-state index is 12.6. The Morgan fingerprint density at radius 1 is 1.16 bits per heavy atom. The van der Waals surface area contributed by atoms with E-state index < -0.39 is 24.3 Å². The minimum absolute atomic E-state index is 0.00620. The maximum absolute atomic E-state index is 12.6. The molecular formula is C17H14F3NO4. The summed E-state index contributed by atoms with van der Waals surface area (Å²) in [5.74, 6) is -0.149. The van der Waals surface area contributed by atoms with Crippen LogP contribution in [0.25, 0.3) is 0 Å². The molecule has 1 N–H and O–H groups in total. The Morgan fingerprint density at radius 3 is 2.56 bits per heavy atom. The Morgan fingerprint density at radius 2 is 1.92 bits per heavy atom. The molecule has 2 aromatic rings. The van der Waals surface area contributed by atoms with Crippen molar-refractivity contribution in [1.82, 2.24) is 0 Å². The van der Waals surface area contributed by atoms with E-state index >= 15 is 0 Å². The number of carbonyl (C=O) groups is 2. The first-order chi connectivity index (χ1) is 11.8. The smallest absolute Gasteiger partial charge is 0.416 e. The maximum Gasteiger partial charge on any atom is 0.416 e. The second-order valence-corrected chi connectivity index (χ2v) is 4.94. The summed E-state index contributed by atoms with van der Waals surface area (Å²) in [7, 11) is 1.37. The lowest BCUT2D eigenvalue weighted by Gasteiger charge is -2.12. The first kappa shape index (κ1) is 18.3. The number of anilines is 1. The standard InChI is InChI=1S/C17H14F3NO4/c1-24-15-7-11(9-22)5-6-14(15)25-10-16(23)21-13-4-2-3-12(8-13)17(18,19)20/h2-9H,10H2,1H3,(H,21,23). The number of nitrogens with one attached hydrogen (secondary N) is 1. The third-order valence-corrected chi connectivity index (χ3v) is 3.16. The summed E-state index contributed by atoms with van der Waals surface area (Å²) in [6.07, 6.45) is -3.86. The van der Waals surface area contributed by atoms with Gasteiger partial charge in [0.1, 0.15) is 6.29 Å². The van der Waals surface area contributed by atoms with Crippen LogP contribution in [0, 0.1) is 0 Å². The van der Waals surface area contributed by atoms with Gasteiger partial charge in [-0.1, -0.05) is 6.07 Å². The van der Waals surface area contributed by atoms with Crippen LogP contribution in [0.5, 0.6) is 11.5 Å². The van der Waals surface area contributed by atoms with Crippen LogP contribution in [0.15, 0.2) is 42.5 Å². The summed E-state index contributed by atoms with van der Waals surface area (Å²) >= 11 is 0. The van der Waals surface area contributed by atoms with E-state index in [1.54, 1.807) is 0 Å². The SMILES string of the molecule is COc1cc(C=O)ccc1OCC(=O)Nc1cccc(C(F)(F)F)c1. The van der Waals surface area contributed by atoms with Crippen LogP contribution in [0.3, 0.4) is 0 Å². The summed E-state index contributed by atoms with van der Waals surface area (Å²) in [6.45, 7) is -0.437. The van der Waals surface area contributed by atoms with E-state index in [4.69, 9.17) is 9.47 Å². The molecule has 0 aliphatic rings. The predicted molar refractivity (Wildman–Crippen MR) is 84.0 cm³/mol. The average molecular weight is 353 g/mol. The number of amides is 1. The number of alkyl halides is 3. The topological polar surface area (TPSA) is 64.6 Å². The summed E-state index contributed by atoms with van der Waals surface area (Å²) in [6, 6.07) is 8.65. The molecule has 5 nitrogen and oxygen atoms in total. The van der Waals surface area contributed by atoms with E-state index in [9.17, 15) is 22.8 Å². The zero-order valence-corrected chi connectivity index (χ0v) is 13.1. The highest BCUT2D eigenvalue weighted by atomic mass is 19.4. The molecule has 0 aromatic heterocycles. The number of benzene rings is 2. The van der Waals surface area contributed by atoms with Crippen molar-refractivity contribution in [3.05, 3.63) is 53.6 Å². The van der Waals surface area contributed by atoms with E-state index in [1.807, 2.05) is 0 Å². The summed E-state index contributed by atoms with van der Waals surface area (Å²) in [5, 5.41) is 2.32. The van der Waals surface area contributed by atoms with E-state index in [0.717, 1.165) is 12.1 Å². The molecule has 0 aliphatic carbocycles. The highest BCUT2D eigenvalue weighted by molar-refractivity contribution is 5.92. The minimum Gasteiger partial charge on any atom is -0.493 e. The van der Waals surface area contributed by atoms with Crippen LogP contribution in [0.4, 0.5) is 18.9 Å². The van der Waals surface area contributed by atoms with Crippen molar-refractivity contribution in [3.63, 3.8) is 0 Å². The van der Waals surface area contributed by atoms with Gasteiger partial charge in [-0.15, -0.1) is 0 Å². The zero-order chi connectivity index (χ0) is 18.4. The van der Waals surface area contributed by atoms with Gasteiger partial charge in [-0.3, -0.25) is 9.59 Å².